The minimum Gasteiger partial charge on any atom is -0.501 e. The number of pyridine rings is 1. The summed E-state index contributed by atoms with van der Waals surface area (Å²) in [5, 5.41) is 28.5. The van der Waals surface area contributed by atoms with Crippen LogP contribution < -0.4 is 10.3 Å². The van der Waals surface area contributed by atoms with Crippen molar-refractivity contribution in [2.45, 2.75) is 6.92 Å². The van der Waals surface area contributed by atoms with Crippen LogP contribution in [0.4, 0.5) is 5.69 Å². The molecule has 0 bridgehead atoms. The van der Waals surface area contributed by atoms with Crippen molar-refractivity contribution in [1.82, 2.24) is 0 Å². The van der Waals surface area contributed by atoms with Crippen molar-refractivity contribution in [2.24, 2.45) is 0 Å². The number of nitrogen functional groups attached to an aromatic ring is 1. The third-order valence-electron chi connectivity index (χ3n) is 2.93. The van der Waals surface area contributed by atoms with E-state index in [1.54, 1.807) is 36.0 Å². The molecule has 5 nitrogen and oxygen atoms in total. The van der Waals surface area contributed by atoms with E-state index in [1.165, 1.54) is 0 Å². The smallest absolute Gasteiger partial charge is 0.278 e. The summed E-state index contributed by atoms with van der Waals surface area (Å²) in [7, 11) is 0. The summed E-state index contributed by atoms with van der Waals surface area (Å²) in [5.74, 6) is -0.215. The molecule has 0 aliphatic rings. The molecule has 0 saturated carbocycles. The van der Waals surface area contributed by atoms with E-state index in [1.807, 2.05) is 18.2 Å². The predicted octanol–water partition coefficient (Wildman–Crippen LogP) is 1.30. The van der Waals surface area contributed by atoms with Crippen LogP contribution in [0.1, 0.15) is 16.7 Å². The Morgan fingerprint density at radius 3 is 2.21 bits per heavy atom. The van der Waals surface area contributed by atoms with Crippen LogP contribution in [0.25, 0.3) is 5.69 Å². The van der Waals surface area contributed by atoms with Gasteiger partial charge in [-0.2, -0.15) is 15.1 Å². The molecule has 1 aromatic heterocycles. The second kappa shape index (κ2) is 4.67. The van der Waals surface area contributed by atoms with Crippen molar-refractivity contribution in [3.8, 4) is 23.6 Å². The van der Waals surface area contributed by atoms with Crippen LogP contribution in [-0.4, -0.2) is 5.11 Å². The maximum atomic E-state index is 10.2. The molecule has 0 atom stereocenters. The largest absolute Gasteiger partial charge is 0.501 e. The maximum Gasteiger partial charge on any atom is 0.278 e. The van der Waals surface area contributed by atoms with E-state index >= 15 is 0 Å². The van der Waals surface area contributed by atoms with Crippen molar-refractivity contribution < 1.29 is 9.67 Å². The molecule has 2 rings (SSSR count). The van der Waals surface area contributed by atoms with E-state index in [2.05, 4.69) is 0 Å². The van der Waals surface area contributed by atoms with Gasteiger partial charge in [0.2, 0.25) is 5.75 Å². The van der Waals surface area contributed by atoms with Crippen LogP contribution in [-0.2, 0) is 0 Å². The number of rotatable bonds is 1. The average molecular weight is 251 g/mol. The van der Waals surface area contributed by atoms with E-state index in [0.29, 0.717) is 5.56 Å². The van der Waals surface area contributed by atoms with Crippen LogP contribution in [0.2, 0.25) is 0 Å². The topological polar surface area (TPSA) is 97.7 Å². The number of nitrogens with two attached hydrogens (primary N) is 1. The quantitative estimate of drug-likeness (QED) is 0.589. The summed E-state index contributed by atoms with van der Waals surface area (Å²) in [4.78, 5) is 0. The Hall–Kier alpha value is -3.05. The number of nitrogens with zero attached hydrogens (tertiary/aromatic N) is 3. The Kier molecular flexibility index (Phi) is 3.05. The number of hydrogen-bond donors (Lipinski definition) is 2. The monoisotopic (exact) mass is 251 g/mol. The lowest BCUT2D eigenvalue weighted by atomic mass is 9.99. The fraction of sp³-hybridized carbons (Fsp3) is 0.0714. The second-order valence-electron chi connectivity index (χ2n) is 3.99. The van der Waals surface area contributed by atoms with Gasteiger partial charge in [0.05, 0.1) is 5.56 Å². The summed E-state index contributed by atoms with van der Waals surface area (Å²) < 4.78 is 1.58. The number of hydrogen-bond acceptors (Lipinski definition) is 4. The molecule has 1 heterocycles. The lowest BCUT2D eigenvalue weighted by Gasteiger charge is -2.09. The van der Waals surface area contributed by atoms with Crippen molar-refractivity contribution in [3.05, 3.63) is 47.3 Å². The van der Waals surface area contributed by atoms with Gasteiger partial charge in [-0.1, -0.05) is 6.07 Å². The summed E-state index contributed by atoms with van der Waals surface area (Å²) >= 11 is 0. The van der Waals surface area contributed by atoms with E-state index in [4.69, 9.17) is 16.3 Å². The number of aromatic hydroxyl groups is 1. The number of phenolic OH excluding ortho intramolecular Hbond substituents is 1. The highest BCUT2D eigenvalue weighted by atomic mass is 16.3. The molecule has 3 N–H and O–H groups in total. The fourth-order valence-electron chi connectivity index (χ4n) is 1.96. The Labute approximate surface area is 110 Å². The third-order valence-corrected chi connectivity index (χ3v) is 2.93. The van der Waals surface area contributed by atoms with Gasteiger partial charge in [0, 0.05) is 12.1 Å². The first-order valence-corrected chi connectivity index (χ1v) is 5.53. The van der Waals surface area contributed by atoms with Crippen LogP contribution in [0.5, 0.6) is 5.75 Å². The lowest BCUT2D eigenvalue weighted by Crippen LogP contribution is -2.31. The molecule has 0 aliphatic carbocycles. The molecule has 0 aliphatic heterocycles. The summed E-state index contributed by atoms with van der Waals surface area (Å²) in [6.07, 6.45) is 3.37. The van der Waals surface area contributed by atoms with Gasteiger partial charge < -0.3 is 10.8 Å². The number of aromatic nitrogens is 1. The van der Waals surface area contributed by atoms with Crippen molar-refractivity contribution in [2.75, 3.05) is 5.73 Å². The Balaban J connectivity index is 2.91. The summed E-state index contributed by atoms with van der Waals surface area (Å²) in [5.41, 5.74) is 7.01. The van der Waals surface area contributed by atoms with Gasteiger partial charge in [-0.15, -0.1) is 0 Å². The summed E-state index contributed by atoms with van der Waals surface area (Å²) in [6.45, 7) is 1.59. The molecule has 0 spiro atoms. The average Bonchev–Trinajstić information content (AvgIpc) is 2.41. The zero-order chi connectivity index (χ0) is 14.0. The zero-order valence-electron chi connectivity index (χ0n) is 10.3. The fourth-order valence-corrected chi connectivity index (χ4v) is 1.96. The molecule has 0 unspecified atom stereocenters. The molecule has 0 fully saturated rings. The molecule has 92 valence electrons. The van der Waals surface area contributed by atoms with Gasteiger partial charge in [0.15, 0.2) is 12.4 Å². The van der Waals surface area contributed by atoms with Gasteiger partial charge >= 0.3 is 0 Å². The molecule has 0 saturated heterocycles. The Bertz CT molecular complexity index is 683. The minimum absolute atomic E-state index is 0.0668. The standard InChI is InChI=1S/C14H10N4O/c1-9-10(7-15)12(17)13(14(19)11(9)8-16)18-5-3-2-4-6-18/h2-6H,17H2,1H3/p+1. The first kappa shape index (κ1) is 12.4. The second-order valence-corrected chi connectivity index (χ2v) is 3.99. The van der Waals surface area contributed by atoms with Gasteiger partial charge in [-0.3, -0.25) is 0 Å². The first-order chi connectivity index (χ1) is 9.11. The Morgan fingerprint density at radius 1 is 1.11 bits per heavy atom. The highest BCUT2D eigenvalue weighted by Crippen LogP contribution is 2.34. The van der Waals surface area contributed by atoms with Crippen molar-refractivity contribution in [3.63, 3.8) is 0 Å². The van der Waals surface area contributed by atoms with E-state index in [-0.39, 0.29) is 28.3 Å². The number of nitriles is 2. The van der Waals surface area contributed by atoms with E-state index in [0.717, 1.165) is 0 Å². The number of benzene rings is 1. The predicted molar refractivity (Wildman–Crippen MR) is 68.2 cm³/mol. The van der Waals surface area contributed by atoms with Gasteiger partial charge in [0.25, 0.3) is 5.69 Å². The SMILES string of the molecule is Cc1c(C#N)c(N)c(-[n+]2ccccc2)c(O)c1C#N. The first-order valence-electron chi connectivity index (χ1n) is 5.53. The zero-order valence-corrected chi connectivity index (χ0v) is 10.3. The molecular weight excluding hydrogens is 240 g/mol. The van der Waals surface area contributed by atoms with E-state index < -0.39 is 0 Å². The Morgan fingerprint density at radius 2 is 1.68 bits per heavy atom. The van der Waals surface area contributed by atoms with Crippen molar-refractivity contribution in [1.29, 1.82) is 10.5 Å². The summed E-state index contributed by atoms with van der Waals surface area (Å²) in [6, 6.07) is 9.22. The van der Waals surface area contributed by atoms with Gasteiger partial charge in [-0.25, -0.2) is 0 Å². The molecule has 1 aromatic carbocycles. The highest BCUT2D eigenvalue weighted by Gasteiger charge is 2.26. The third kappa shape index (κ3) is 1.84. The number of phenols is 1. The molecular formula is C14H11N4O+. The maximum absolute atomic E-state index is 10.2. The minimum atomic E-state index is -0.215. The molecule has 0 amide bonds. The van der Waals surface area contributed by atoms with Crippen LogP contribution >= 0.6 is 0 Å². The van der Waals surface area contributed by atoms with Gasteiger partial charge in [-0.05, 0) is 12.5 Å². The number of anilines is 1. The molecule has 2 aromatic rings. The molecule has 5 heteroatoms. The van der Waals surface area contributed by atoms with Crippen LogP contribution in [0, 0.1) is 29.6 Å². The van der Waals surface area contributed by atoms with Gasteiger partial charge in [0.1, 0.15) is 23.4 Å². The normalized spacial score (nSPS) is 9.63. The van der Waals surface area contributed by atoms with E-state index in [9.17, 15) is 5.11 Å². The van der Waals surface area contributed by atoms with Crippen molar-refractivity contribution >= 4 is 5.69 Å². The lowest BCUT2D eigenvalue weighted by molar-refractivity contribution is -0.595. The molecule has 0 radical (unpaired) electrons. The molecule has 19 heavy (non-hydrogen) atoms. The van der Waals surface area contributed by atoms with Crippen LogP contribution in [0.3, 0.4) is 0 Å². The van der Waals surface area contributed by atoms with Crippen LogP contribution in [0.15, 0.2) is 30.6 Å². The highest BCUT2D eigenvalue weighted by molar-refractivity contribution is 5.75.